The number of ether oxygens (including phenoxy) is 4. The van der Waals surface area contributed by atoms with Crippen molar-refractivity contribution in [2.24, 2.45) is 11.3 Å². The van der Waals surface area contributed by atoms with Crippen molar-refractivity contribution in [3.05, 3.63) is 36.2 Å². The first kappa shape index (κ1) is 40.5. The van der Waals surface area contributed by atoms with Crippen molar-refractivity contribution in [1.29, 1.82) is 0 Å². The number of thiazole rings is 1. The predicted octanol–water partition coefficient (Wildman–Crippen LogP) is 5.77. The van der Waals surface area contributed by atoms with Gasteiger partial charge in [0, 0.05) is 41.3 Å². The Morgan fingerprint density at radius 3 is 2.32 bits per heavy atom. The number of aromatic nitrogens is 2. The number of rotatable bonds is 14. The summed E-state index contributed by atoms with van der Waals surface area (Å²) in [5.41, 5.74) is -0.641. The van der Waals surface area contributed by atoms with E-state index in [2.05, 4.69) is 22.5 Å². The molecule has 302 valence electrons. The van der Waals surface area contributed by atoms with Gasteiger partial charge in [0.2, 0.25) is 11.8 Å². The van der Waals surface area contributed by atoms with Crippen LogP contribution in [-0.4, -0.2) is 100 Å². The minimum absolute atomic E-state index is 0.0288. The minimum atomic E-state index is -1.53. The maximum Gasteiger partial charge on any atom is 0.408 e. The monoisotopic (exact) mass is 792 g/mol. The number of hydrogen-bond donors (Lipinski definition) is 4. The number of carbonyl (C=O) groups is 4. The summed E-state index contributed by atoms with van der Waals surface area (Å²) in [5, 5.41) is 22.2. The fourth-order valence-corrected chi connectivity index (χ4v) is 8.30. The molecule has 16 heteroatoms. The summed E-state index contributed by atoms with van der Waals surface area (Å²) in [6, 6.07) is 3.22. The van der Waals surface area contributed by atoms with Crippen LogP contribution in [0.2, 0.25) is 0 Å². The number of carboxylic acid groups (broad SMARTS) is 1. The number of alkyl carbamates (subject to hydrolysis) is 1. The van der Waals surface area contributed by atoms with Gasteiger partial charge in [0.05, 0.1) is 32.0 Å². The molecule has 1 aliphatic heterocycles. The summed E-state index contributed by atoms with van der Waals surface area (Å²) >= 11 is 1.44. The summed E-state index contributed by atoms with van der Waals surface area (Å²) in [5.74, 6) is -1.51. The number of anilines is 1. The zero-order valence-corrected chi connectivity index (χ0v) is 33.8. The lowest BCUT2D eigenvalue weighted by molar-refractivity contribution is -0.146. The van der Waals surface area contributed by atoms with Crippen LogP contribution in [0.5, 0.6) is 17.2 Å². The van der Waals surface area contributed by atoms with Crippen molar-refractivity contribution >= 4 is 51.2 Å². The Labute approximate surface area is 330 Å². The molecule has 0 bridgehead atoms. The van der Waals surface area contributed by atoms with Crippen LogP contribution in [0.25, 0.3) is 22.3 Å². The van der Waals surface area contributed by atoms with E-state index in [-0.39, 0.29) is 31.5 Å². The second-order valence-corrected chi connectivity index (χ2v) is 17.0. The molecule has 3 amide bonds. The van der Waals surface area contributed by atoms with Crippen molar-refractivity contribution in [1.82, 2.24) is 25.5 Å². The number of nitrogens with zero attached hydrogens (tertiary/aromatic N) is 3. The zero-order chi connectivity index (χ0) is 40.5. The average molecular weight is 793 g/mol. The number of carbonyl (C=O) groups excluding carboxylic acids is 3. The third-order valence-corrected chi connectivity index (χ3v) is 11.3. The second kappa shape index (κ2) is 16.2. The maximum atomic E-state index is 14.6. The Morgan fingerprint density at radius 1 is 1.02 bits per heavy atom. The van der Waals surface area contributed by atoms with Gasteiger partial charge >= 0.3 is 12.1 Å². The summed E-state index contributed by atoms with van der Waals surface area (Å²) in [6.45, 7) is 13.2. The van der Waals surface area contributed by atoms with E-state index in [0.29, 0.717) is 39.5 Å². The van der Waals surface area contributed by atoms with Gasteiger partial charge in [-0.1, -0.05) is 26.8 Å². The van der Waals surface area contributed by atoms with E-state index in [4.69, 9.17) is 28.9 Å². The number of carboxylic acids is 1. The van der Waals surface area contributed by atoms with Gasteiger partial charge in [-0.3, -0.25) is 9.59 Å². The number of nitrogens with one attached hydrogen (secondary N) is 3. The summed E-state index contributed by atoms with van der Waals surface area (Å²) < 4.78 is 23.6. The van der Waals surface area contributed by atoms with Crippen molar-refractivity contribution in [2.75, 3.05) is 26.1 Å². The highest BCUT2D eigenvalue weighted by Gasteiger charge is 2.61. The predicted molar refractivity (Wildman–Crippen MR) is 211 cm³/mol. The summed E-state index contributed by atoms with van der Waals surface area (Å²) in [6.07, 6.45) is 3.49. The number of pyridine rings is 1. The van der Waals surface area contributed by atoms with Crippen LogP contribution in [0.15, 0.2) is 36.2 Å². The molecule has 2 saturated carbocycles. The molecular weight excluding hydrogens is 741 g/mol. The first-order valence-corrected chi connectivity index (χ1v) is 19.9. The van der Waals surface area contributed by atoms with Crippen molar-refractivity contribution in [3.63, 3.8) is 0 Å². The molecule has 3 fully saturated rings. The summed E-state index contributed by atoms with van der Waals surface area (Å²) in [4.78, 5) is 65.3. The van der Waals surface area contributed by atoms with Crippen molar-refractivity contribution in [3.8, 4) is 28.6 Å². The number of likely N-dealkylation sites (tertiary alicyclic amines) is 1. The smallest absolute Gasteiger partial charge is 0.408 e. The van der Waals surface area contributed by atoms with Crippen LogP contribution in [-0.2, 0) is 19.1 Å². The molecule has 5 atom stereocenters. The average Bonchev–Trinajstić information content (AvgIpc) is 3.55. The largest absolute Gasteiger partial charge is 0.493 e. The number of fused-ring (bicyclic) bond motifs is 1. The zero-order valence-electron chi connectivity index (χ0n) is 33.0. The number of benzene rings is 1. The van der Waals surface area contributed by atoms with Crippen molar-refractivity contribution < 1.29 is 43.2 Å². The van der Waals surface area contributed by atoms with Gasteiger partial charge in [-0.2, -0.15) is 0 Å². The highest BCUT2D eigenvalue weighted by molar-refractivity contribution is 7.14. The van der Waals surface area contributed by atoms with E-state index in [1.807, 2.05) is 40.0 Å². The van der Waals surface area contributed by atoms with Gasteiger partial charge < -0.3 is 44.9 Å². The first-order valence-electron chi connectivity index (χ1n) is 19.0. The highest BCUT2D eigenvalue weighted by atomic mass is 32.1. The van der Waals surface area contributed by atoms with Crippen LogP contribution in [0.1, 0.15) is 73.1 Å². The molecule has 3 aromatic rings. The molecule has 6 rings (SSSR count). The quantitative estimate of drug-likeness (QED) is 0.144. The normalized spacial score (nSPS) is 22.7. The van der Waals surface area contributed by atoms with Gasteiger partial charge in [0.1, 0.15) is 41.3 Å². The molecule has 0 spiro atoms. The van der Waals surface area contributed by atoms with Crippen LogP contribution in [0.3, 0.4) is 0 Å². The van der Waals surface area contributed by atoms with Gasteiger partial charge in [0.15, 0.2) is 16.6 Å². The van der Waals surface area contributed by atoms with Crippen molar-refractivity contribution in [2.45, 2.75) is 109 Å². The molecule has 15 nitrogen and oxygen atoms in total. The molecule has 2 aromatic heterocycles. The van der Waals surface area contributed by atoms with Crippen LogP contribution >= 0.6 is 11.3 Å². The van der Waals surface area contributed by atoms with Gasteiger partial charge in [-0.15, -0.1) is 17.9 Å². The molecular formula is C40H52N6O9S. The lowest BCUT2D eigenvalue weighted by Gasteiger charge is -2.35. The fraction of sp³-hybridized carbons (Fsp3) is 0.550. The molecule has 1 saturated heterocycles. The number of methoxy groups -OCH3 is 2. The Morgan fingerprint density at radius 2 is 1.71 bits per heavy atom. The van der Waals surface area contributed by atoms with E-state index < -0.39 is 58.9 Å². The minimum Gasteiger partial charge on any atom is -0.493 e. The van der Waals surface area contributed by atoms with Crippen LogP contribution < -0.4 is 30.2 Å². The topological polar surface area (TPSA) is 191 Å². The number of aliphatic carboxylic acids is 1. The summed E-state index contributed by atoms with van der Waals surface area (Å²) in [7, 11) is 3.06. The first-order chi connectivity index (χ1) is 26.6. The highest BCUT2D eigenvalue weighted by Crippen LogP contribution is 2.45. The molecule has 4 N–H and O–H groups in total. The fourth-order valence-electron chi connectivity index (χ4n) is 7.45. The van der Waals surface area contributed by atoms with Gasteiger partial charge in [0.25, 0.3) is 0 Å². The SMILES string of the molecule is C=C[C@@H]1C[C@]1(NC(=O)[C@@H]1C[C@@H](Oc2cc(-c3csc(NC(C)C)n3)nc3cc(OC)c(OC)cc23)CN1C(=O)[C@@H](NC(=O)OC1CCCC1)C(C)(C)C)C(=O)O. The standard InChI is InChI=1S/C40H52N6O9S/c1-9-22-18-40(22,36(49)50)45-34(47)29-14-24(19-46(29)35(48)33(39(4,5)6)44-38(51)55-23-12-10-11-13-23)54-30-17-27(28-20-56-37(43-28)41-21(2)3)42-26-16-32(53-8)31(52-7)15-25(26)30/h9,15-17,20-24,29,33H,1,10-14,18-19H2,2-8H3,(H,41,43)(H,44,51)(H,45,47)(H,49,50)/t22-,24-,29+,33-,40-/m1/s1. The van der Waals surface area contributed by atoms with Crippen LogP contribution in [0.4, 0.5) is 9.93 Å². The Hall–Kier alpha value is -5.12. The third kappa shape index (κ3) is 8.49. The molecule has 56 heavy (non-hydrogen) atoms. The molecule has 3 heterocycles. The Bertz CT molecular complexity index is 1990. The molecule has 0 radical (unpaired) electrons. The van der Waals surface area contributed by atoms with Gasteiger partial charge in [-0.05, 0) is 57.4 Å². The van der Waals surface area contributed by atoms with E-state index in [9.17, 15) is 24.3 Å². The Balaban J connectivity index is 1.35. The van der Waals surface area contributed by atoms with E-state index in [1.54, 1.807) is 18.2 Å². The maximum absolute atomic E-state index is 14.6. The molecule has 1 aromatic carbocycles. The molecule has 3 aliphatic rings. The lowest BCUT2D eigenvalue weighted by atomic mass is 9.85. The van der Waals surface area contributed by atoms with Gasteiger partial charge in [-0.25, -0.2) is 19.6 Å². The van der Waals surface area contributed by atoms with E-state index >= 15 is 0 Å². The lowest BCUT2D eigenvalue weighted by Crippen LogP contribution is -2.59. The number of amides is 3. The molecule has 0 unspecified atom stereocenters. The second-order valence-electron chi connectivity index (χ2n) is 16.1. The third-order valence-electron chi connectivity index (χ3n) is 10.6. The Kier molecular flexibility index (Phi) is 11.7. The number of hydrogen-bond acceptors (Lipinski definition) is 12. The molecule has 2 aliphatic carbocycles. The van der Waals surface area contributed by atoms with E-state index in [0.717, 1.165) is 30.8 Å². The van der Waals surface area contributed by atoms with Crippen LogP contribution in [0, 0.1) is 11.3 Å². The van der Waals surface area contributed by atoms with E-state index in [1.165, 1.54) is 36.5 Å².